The molecular weight excluding hydrogens is 290 g/mol. The van der Waals surface area contributed by atoms with Gasteiger partial charge < -0.3 is 9.26 Å². The molecule has 2 saturated carbocycles. The summed E-state index contributed by atoms with van der Waals surface area (Å²) in [4.78, 5) is 7.35. The van der Waals surface area contributed by atoms with Crippen LogP contribution in [0.4, 0.5) is 0 Å². The smallest absolute Gasteiger partial charge is 0.243 e. The van der Waals surface area contributed by atoms with Gasteiger partial charge in [0.05, 0.1) is 6.04 Å². The van der Waals surface area contributed by atoms with E-state index in [1.807, 2.05) is 0 Å². The third kappa shape index (κ3) is 2.27. The molecule has 0 N–H and O–H groups in total. The second-order valence-corrected chi connectivity index (χ2v) is 8.22. The molecule has 5 rings (SSSR count). The lowest BCUT2D eigenvalue weighted by Gasteiger charge is -2.66. The van der Waals surface area contributed by atoms with Crippen molar-refractivity contribution in [1.82, 2.24) is 15.0 Å². The van der Waals surface area contributed by atoms with Gasteiger partial charge in [-0.3, -0.25) is 4.90 Å². The summed E-state index contributed by atoms with van der Waals surface area (Å²) >= 11 is 0. The maximum atomic E-state index is 5.61. The highest BCUT2D eigenvalue weighted by Crippen LogP contribution is 2.58. The summed E-state index contributed by atoms with van der Waals surface area (Å²) in [6, 6.07) is 0.959. The fourth-order valence-electron chi connectivity index (χ4n) is 5.13. The first kappa shape index (κ1) is 14.4. The summed E-state index contributed by atoms with van der Waals surface area (Å²) in [6.45, 7) is 5.34. The number of nitrogens with zero attached hydrogens (tertiary/aromatic N) is 3. The lowest BCUT2D eigenvalue weighted by molar-refractivity contribution is -0.181. The van der Waals surface area contributed by atoms with Crippen LogP contribution in [0.1, 0.15) is 75.5 Å². The van der Waals surface area contributed by atoms with Gasteiger partial charge in [-0.1, -0.05) is 11.6 Å². The van der Waals surface area contributed by atoms with Crippen LogP contribution in [-0.2, 0) is 4.74 Å². The highest BCUT2D eigenvalue weighted by Gasteiger charge is 2.59. The molecule has 2 unspecified atom stereocenters. The Balaban J connectivity index is 1.35. The SMILES string of the molecule is CC(c1nc(C2CC2)no1)N1CC2(CCC2)C1C1CCOCC1. The highest BCUT2D eigenvalue weighted by atomic mass is 16.5. The minimum atomic E-state index is 0.258. The third-order valence-corrected chi connectivity index (χ3v) is 6.80. The molecule has 0 bridgehead atoms. The molecule has 0 amide bonds. The highest BCUT2D eigenvalue weighted by molar-refractivity contribution is 5.14. The number of ether oxygens (including phenoxy) is 1. The second-order valence-electron chi connectivity index (χ2n) is 8.22. The van der Waals surface area contributed by atoms with Crippen LogP contribution in [-0.4, -0.2) is 40.8 Å². The van der Waals surface area contributed by atoms with Crippen LogP contribution in [0.3, 0.4) is 0 Å². The van der Waals surface area contributed by atoms with Crippen LogP contribution in [0.5, 0.6) is 0 Å². The van der Waals surface area contributed by atoms with E-state index in [9.17, 15) is 0 Å². The second kappa shape index (κ2) is 5.28. The van der Waals surface area contributed by atoms with E-state index in [1.165, 1.54) is 51.5 Å². The van der Waals surface area contributed by atoms with Crippen molar-refractivity contribution in [2.24, 2.45) is 11.3 Å². The van der Waals surface area contributed by atoms with Crippen molar-refractivity contribution in [2.45, 2.75) is 69.9 Å². The van der Waals surface area contributed by atoms with Crippen LogP contribution >= 0.6 is 0 Å². The zero-order chi connectivity index (χ0) is 15.4. The molecule has 1 spiro atoms. The summed E-state index contributed by atoms with van der Waals surface area (Å²) < 4.78 is 11.2. The standard InChI is InChI=1S/C18H27N3O2/c1-12(17-19-16(20-23-17)14-3-4-14)21-11-18(7-2-8-18)15(21)13-5-9-22-10-6-13/h12-15H,2-11H2,1H3. The summed E-state index contributed by atoms with van der Waals surface area (Å²) in [5.74, 6) is 3.12. The van der Waals surface area contributed by atoms with Crippen LogP contribution in [0.25, 0.3) is 0 Å². The van der Waals surface area contributed by atoms with E-state index in [-0.39, 0.29) is 6.04 Å². The van der Waals surface area contributed by atoms with Crippen molar-refractivity contribution in [2.75, 3.05) is 19.8 Å². The van der Waals surface area contributed by atoms with E-state index in [4.69, 9.17) is 14.2 Å². The summed E-state index contributed by atoms with van der Waals surface area (Å²) in [5, 5.41) is 4.22. The molecule has 126 valence electrons. The Morgan fingerprint density at radius 3 is 2.61 bits per heavy atom. The maximum Gasteiger partial charge on any atom is 0.243 e. The summed E-state index contributed by atoms with van der Waals surface area (Å²) in [5.41, 5.74) is 0.593. The van der Waals surface area contributed by atoms with Gasteiger partial charge >= 0.3 is 0 Å². The predicted molar refractivity (Wildman–Crippen MR) is 85.0 cm³/mol. The molecule has 2 aliphatic carbocycles. The van der Waals surface area contributed by atoms with Crippen molar-refractivity contribution in [3.8, 4) is 0 Å². The number of hydrogen-bond donors (Lipinski definition) is 0. The van der Waals surface area contributed by atoms with E-state index in [2.05, 4.69) is 17.0 Å². The quantitative estimate of drug-likeness (QED) is 0.853. The van der Waals surface area contributed by atoms with Gasteiger partial charge in [-0.15, -0.1) is 0 Å². The lowest BCUT2D eigenvalue weighted by Crippen LogP contribution is -2.70. The van der Waals surface area contributed by atoms with E-state index < -0.39 is 0 Å². The van der Waals surface area contributed by atoms with Gasteiger partial charge in [0.15, 0.2) is 5.82 Å². The topological polar surface area (TPSA) is 51.4 Å². The molecule has 2 saturated heterocycles. The Bertz CT molecular complexity index is 573. The van der Waals surface area contributed by atoms with E-state index in [1.54, 1.807) is 0 Å². The largest absolute Gasteiger partial charge is 0.381 e. The predicted octanol–water partition coefficient (Wildman–Crippen LogP) is 3.29. The molecule has 0 radical (unpaired) electrons. The molecule has 0 aromatic carbocycles. The molecule has 1 aromatic rings. The van der Waals surface area contributed by atoms with Crippen LogP contribution in [0.15, 0.2) is 4.52 Å². The van der Waals surface area contributed by atoms with Crippen LogP contribution in [0.2, 0.25) is 0 Å². The fraction of sp³-hybridized carbons (Fsp3) is 0.889. The maximum absolute atomic E-state index is 5.61. The first-order valence-electron chi connectivity index (χ1n) is 9.44. The minimum Gasteiger partial charge on any atom is -0.381 e. The van der Waals surface area contributed by atoms with Crippen molar-refractivity contribution < 1.29 is 9.26 Å². The molecule has 2 aliphatic heterocycles. The van der Waals surface area contributed by atoms with Crippen molar-refractivity contribution in [1.29, 1.82) is 0 Å². The number of rotatable bonds is 4. The zero-order valence-corrected chi connectivity index (χ0v) is 14.0. The first-order chi connectivity index (χ1) is 11.3. The van der Waals surface area contributed by atoms with Crippen molar-refractivity contribution >= 4 is 0 Å². The van der Waals surface area contributed by atoms with Crippen molar-refractivity contribution in [3.05, 3.63) is 11.7 Å². The van der Waals surface area contributed by atoms with E-state index in [0.717, 1.165) is 30.8 Å². The van der Waals surface area contributed by atoms with Gasteiger partial charge in [-0.25, -0.2) is 0 Å². The van der Waals surface area contributed by atoms with E-state index >= 15 is 0 Å². The third-order valence-electron chi connectivity index (χ3n) is 6.80. The Labute approximate surface area is 137 Å². The monoisotopic (exact) mass is 317 g/mol. The van der Waals surface area contributed by atoms with Crippen molar-refractivity contribution in [3.63, 3.8) is 0 Å². The van der Waals surface area contributed by atoms with Gasteiger partial charge in [-0.2, -0.15) is 4.98 Å². The molecule has 1 aromatic heterocycles. The van der Waals surface area contributed by atoms with Gasteiger partial charge in [0.25, 0.3) is 0 Å². The molecule has 4 aliphatic rings. The Kier molecular flexibility index (Phi) is 3.31. The van der Waals surface area contributed by atoms with Gasteiger partial charge in [-0.05, 0) is 56.8 Å². The normalized spacial score (nSPS) is 32.5. The molecular formula is C18H27N3O2. The molecule has 5 heteroatoms. The van der Waals surface area contributed by atoms with Crippen LogP contribution < -0.4 is 0 Å². The van der Waals surface area contributed by atoms with Crippen LogP contribution in [0, 0.1) is 11.3 Å². The Hall–Kier alpha value is -0.940. The number of likely N-dealkylation sites (tertiary alicyclic amines) is 1. The zero-order valence-electron chi connectivity index (χ0n) is 14.0. The van der Waals surface area contributed by atoms with Gasteiger partial charge in [0.2, 0.25) is 5.89 Å². The fourth-order valence-corrected chi connectivity index (χ4v) is 5.13. The van der Waals surface area contributed by atoms with Gasteiger partial charge in [0.1, 0.15) is 0 Å². The van der Waals surface area contributed by atoms with Gasteiger partial charge in [0, 0.05) is 31.7 Å². The molecule has 5 nitrogen and oxygen atoms in total. The minimum absolute atomic E-state index is 0.258. The average molecular weight is 317 g/mol. The first-order valence-corrected chi connectivity index (χ1v) is 9.44. The Morgan fingerprint density at radius 1 is 1.17 bits per heavy atom. The number of aromatic nitrogens is 2. The number of hydrogen-bond acceptors (Lipinski definition) is 5. The summed E-state index contributed by atoms with van der Waals surface area (Å²) in [6.07, 6.45) is 9.12. The molecule has 2 atom stereocenters. The Morgan fingerprint density at radius 2 is 1.96 bits per heavy atom. The van der Waals surface area contributed by atoms with E-state index in [0.29, 0.717) is 17.4 Å². The average Bonchev–Trinajstić information content (AvgIpc) is 3.23. The summed E-state index contributed by atoms with van der Waals surface area (Å²) in [7, 11) is 0. The molecule has 3 heterocycles. The lowest BCUT2D eigenvalue weighted by atomic mass is 9.54. The molecule has 4 fully saturated rings. The molecule has 23 heavy (non-hydrogen) atoms.